The first-order valence-corrected chi connectivity index (χ1v) is 10.3. The van der Waals surface area contributed by atoms with Gasteiger partial charge in [-0.05, 0) is 69.5 Å². The molecule has 23 heavy (non-hydrogen) atoms. The maximum absolute atomic E-state index is 3.97. The van der Waals surface area contributed by atoms with E-state index in [1.54, 1.807) is 22.0 Å². The molecule has 8 nitrogen and oxygen atoms in total. The lowest BCUT2D eigenvalue weighted by Gasteiger charge is -2.15. The average molecular weight is 357 g/mol. The predicted molar refractivity (Wildman–Crippen MR) is 93.5 cm³/mol. The summed E-state index contributed by atoms with van der Waals surface area (Å²) in [6.45, 7) is 2.24. The second kappa shape index (κ2) is 11.4. The Morgan fingerprint density at radius 3 is 1.91 bits per heavy atom. The van der Waals surface area contributed by atoms with Gasteiger partial charge in [0.2, 0.25) is 0 Å². The molecule has 0 spiro atoms. The number of hydrogen-bond donors (Lipinski definition) is 0. The summed E-state index contributed by atoms with van der Waals surface area (Å²) in [6.07, 6.45) is 9.08. The van der Waals surface area contributed by atoms with Crippen LogP contribution in [0.3, 0.4) is 0 Å². The molecule has 0 bridgehead atoms. The minimum Gasteiger partial charge on any atom is -0.208 e. The topological polar surface area (TPSA) is 87.2 Å². The number of nitrogens with zero attached hydrogens (tertiary/aromatic N) is 8. The van der Waals surface area contributed by atoms with Gasteiger partial charge in [0.1, 0.15) is 12.7 Å². The molecular formula is C13H24N8S2. The van der Waals surface area contributed by atoms with Gasteiger partial charge in [-0.3, -0.25) is 0 Å². The minimum absolute atomic E-state index is 0.0507. The Balaban J connectivity index is 1.58. The van der Waals surface area contributed by atoms with Gasteiger partial charge >= 0.3 is 0 Å². The summed E-state index contributed by atoms with van der Waals surface area (Å²) in [4.78, 5) is 0. The first-order valence-electron chi connectivity index (χ1n) is 8.02. The zero-order valence-electron chi connectivity index (χ0n) is 13.5. The molecule has 2 aromatic rings. The van der Waals surface area contributed by atoms with Crippen molar-refractivity contribution in [2.24, 2.45) is 0 Å². The second-order valence-electron chi connectivity index (χ2n) is 5.13. The fraction of sp³-hybridized carbons (Fsp3) is 0.846. The van der Waals surface area contributed by atoms with Gasteiger partial charge in [0.15, 0.2) is 6.17 Å². The maximum Gasteiger partial charge on any atom is 0.150 e. The van der Waals surface area contributed by atoms with Crippen molar-refractivity contribution >= 4 is 23.5 Å². The number of aromatic nitrogens is 8. The van der Waals surface area contributed by atoms with Crippen molar-refractivity contribution in [2.75, 3.05) is 23.0 Å². The van der Waals surface area contributed by atoms with Crippen LogP contribution >= 0.6 is 23.5 Å². The lowest BCUT2D eigenvalue weighted by Crippen LogP contribution is -2.20. The van der Waals surface area contributed by atoms with Crippen LogP contribution in [-0.4, -0.2) is 63.4 Å². The maximum atomic E-state index is 3.97. The molecule has 0 aliphatic heterocycles. The number of hydrogen-bond acceptors (Lipinski definition) is 8. The van der Waals surface area contributed by atoms with Crippen molar-refractivity contribution in [1.82, 2.24) is 40.4 Å². The van der Waals surface area contributed by atoms with Crippen molar-refractivity contribution in [2.45, 2.75) is 45.2 Å². The third kappa shape index (κ3) is 6.86. The van der Waals surface area contributed by atoms with Gasteiger partial charge in [-0.25, -0.2) is 9.36 Å². The molecule has 0 amide bonds. The van der Waals surface area contributed by atoms with Crippen LogP contribution in [0.1, 0.15) is 45.2 Å². The van der Waals surface area contributed by atoms with E-state index in [2.05, 4.69) is 49.7 Å². The Bertz CT molecular complexity index is 456. The van der Waals surface area contributed by atoms with Gasteiger partial charge in [0.05, 0.1) is 0 Å². The molecule has 128 valence electrons. The van der Waals surface area contributed by atoms with Crippen LogP contribution < -0.4 is 0 Å². The molecule has 0 unspecified atom stereocenters. The van der Waals surface area contributed by atoms with Crippen molar-refractivity contribution in [3.05, 3.63) is 12.7 Å². The summed E-state index contributed by atoms with van der Waals surface area (Å²) in [5.74, 6) is 4.96. The zero-order chi connectivity index (χ0) is 16.2. The van der Waals surface area contributed by atoms with Crippen LogP contribution in [0.4, 0.5) is 0 Å². The molecule has 2 aromatic heterocycles. The molecule has 0 aromatic carbocycles. The van der Waals surface area contributed by atoms with Gasteiger partial charge < -0.3 is 0 Å². The monoisotopic (exact) mass is 356 g/mol. The van der Waals surface area contributed by atoms with E-state index in [0.717, 1.165) is 18.6 Å². The largest absolute Gasteiger partial charge is 0.208 e. The van der Waals surface area contributed by atoms with E-state index in [1.165, 1.54) is 36.5 Å². The van der Waals surface area contributed by atoms with Crippen LogP contribution in [-0.2, 0) is 0 Å². The lowest BCUT2D eigenvalue weighted by molar-refractivity contribution is 0.324. The Morgan fingerprint density at radius 2 is 1.39 bits per heavy atom. The molecular weight excluding hydrogens is 332 g/mol. The van der Waals surface area contributed by atoms with Gasteiger partial charge in [-0.1, -0.05) is 13.3 Å². The van der Waals surface area contributed by atoms with Gasteiger partial charge in [0, 0.05) is 0 Å². The molecule has 0 saturated carbocycles. The van der Waals surface area contributed by atoms with E-state index in [0.29, 0.717) is 0 Å². The number of thioether (sulfide) groups is 2. The molecule has 0 aliphatic carbocycles. The highest BCUT2D eigenvalue weighted by Gasteiger charge is 2.15. The highest BCUT2D eigenvalue weighted by Crippen LogP contribution is 2.16. The van der Waals surface area contributed by atoms with Crippen LogP contribution in [0.25, 0.3) is 0 Å². The van der Waals surface area contributed by atoms with Crippen molar-refractivity contribution in [1.29, 1.82) is 0 Å². The number of unbranched alkanes of at least 4 members (excludes halogenated alkanes) is 1. The van der Waals surface area contributed by atoms with Gasteiger partial charge in [-0.2, -0.15) is 23.5 Å². The smallest absolute Gasteiger partial charge is 0.150 e. The predicted octanol–water partition coefficient (Wildman–Crippen LogP) is 2.14. The zero-order valence-corrected chi connectivity index (χ0v) is 15.1. The molecule has 2 rings (SSSR count). The third-order valence-corrected chi connectivity index (χ3v) is 5.62. The number of rotatable bonds is 13. The number of tetrazole rings is 2. The molecule has 2 heterocycles. The summed E-state index contributed by atoms with van der Waals surface area (Å²) >= 11 is 4.10. The van der Waals surface area contributed by atoms with Crippen molar-refractivity contribution < 1.29 is 0 Å². The molecule has 0 radical (unpaired) electrons. The van der Waals surface area contributed by atoms with Crippen molar-refractivity contribution in [3.63, 3.8) is 0 Å². The first-order chi connectivity index (χ1) is 11.4. The molecule has 0 atom stereocenters. The van der Waals surface area contributed by atoms with Crippen LogP contribution in [0.15, 0.2) is 12.7 Å². The minimum atomic E-state index is -0.0507. The van der Waals surface area contributed by atoms with Gasteiger partial charge in [0.25, 0.3) is 0 Å². The Hall–Kier alpha value is -1.16. The first kappa shape index (κ1) is 18.2. The summed E-state index contributed by atoms with van der Waals surface area (Å²) in [5.41, 5.74) is 0. The summed E-state index contributed by atoms with van der Waals surface area (Å²) < 4.78 is 3.40. The van der Waals surface area contributed by atoms with E-state index in [4.69, 9.17) is 0 Å². The van der Waals surface area contributed by atoms with Crippen molar-refractivity contribution in [3.8, 4) is 0 Å². The van der Waals surface area contributed by atoms with E-state index in [-0.39, 0.29) is 6.17 Å². The highest BCUT2D eigenvalue weighted by atomic mass is 32.2. The summed E-state index contributed by atoms with van der Waals surface area (Å²) in [5, 5.41) is 22.7. The Morgan fingerprint density at radius 1 is 0.826 bits per heavy atom. The summed E-state index contributed by atoms with van der Waals surface area (Å²) in [6, 6.07) is 0. The van der Waals surface area contributed by atoms with E-state index in [9.17, 15) is 0 Å². The molecule has 0 fully saturated rings. The molecule has 0 N–H and O–H groups in total. The highest BCUT2D eigenvalue weighted by molar-refractivity contribution is 8.00. The molecule has 0 saturated heterocycles. The summed E-state index contributed by atoms with van der Waals surface area (Å²) in [7, 11) is 0. The fourth-order valence-corrected chi connectivity index (χ4v) is 4.23. The van der Waals surface area contributed by atoms with E-state index in [1.807, 2.05) is 11.8 Å². The molecule has 10 heteroatoms. The van der Waals surface area contributed by atoms with Gasteiger partial charge in [-0.15, -0.1) is 10.2 Å². The fourth-order valence-electron chi connectivity index (χ4n) is 2.08. The van der Waals surface area contributed by atoms with E-state index < -0.39 is 0 Å². The molecule has 0 aliphatic rings. The second-order valence-corrected chi connectivity index (χ2v) is 7.58. The van der Waals surface area contributed by atoms with Crippen LogP contribution in [0.5, 0.6) is 0 Å². The lowest BCUT2D eigenvalue weighted by atomic mass is 10.3. The normalized spacial score (nSPS) is 11.4. The third-order valence-electron chi connectivity index (χ3n) is 3.31. The quantitative estimate of drug-likeness (QED) is 0.505. The standard InChI is InChI=1S/C13H24N8S2/c1-2-3-7-22-9-5-10-23-8-4-6-13(20-11-14-16-18-20)21-12-15-17-19-21/h11-13H,2-10H2,1H3. The SMILES string of the molecule is CCCCSCCCSCCCC(n1cnnn1)n1cnnn1. The van der Waals surface area contributed by atoms with E-state index >= 15 is 0 Å². The Kier molecular flexibility index (Phi) is 9.00. The van der Waals surface area contributed by atoms with Crippen LogP contribution in [0.2, 0.25) is 0 Å². The Labute approximate surface area is 145 Å². The van der Waals surface area contributed by atoms with Crippen LogP contribution in [0, 0.1) is 0 Å². The average Bonchev–Trinajstić information content (AvgIpc) is 3.26.